The fourth-order valence-corrected chi connectivity index (χ4v) is 4.82. The van der Waals surface area contributed by atoms with Gasteiger partial charge in [-0.1, -0.05) is 20.3 Å². The van der Waals surface area contributed by atoms with E-state index in [2.05, 4.69) is 60.0 Å². The molecule has 0 unspecified atom stereocenters. The summed E-state index contributed by atoms with van der Waals surface area (Å²) in [5.74, 6) is 1.33. The van der Waals surface area contributed by atoms with E-state index in [0.29, 0.717) is 11.8 Å². The number of phenols is 1. The molecule has 1 aliphatic rings. The standard InChI is InChI=1S/C26H43N5O/c1-5-30(6-2)16-10-8-9-15-27-24-20-23(32)19-21-11-12-25(28-26(21)24)31(7-3)22-13-17-29(4)18-14-22/h11-12,19-20,22,27,32H,5-10,13-18H2,1-4H3. The van der Waals surface area contributed by atoms with Gasteiger partial charge in [0.15, 0.2) is 0 Å². The monoisotopic (exact) mass is 441 g/mol. The van der Waals surface area contributed by atoms with Gasteiger partial charge < -0.3 is 25.1 Å². The molecule has 2 N–H and O–H groups in total. The molecule has 0 aliphatic carbocycles. The molecule has 32 heavy (non-hydrogen) atoms. The molecule has 1 aromatic heterocycles. The van der Waals surface area contributed by atoms with Crippen molar-refractivity contribution in [2.24, 2.45) is 0 Å². The van der Waals surface area contributed by atoms with Gasteiger partial charge >= 0.3 is 0 Å². The van der Waals surface area contributed by atoms with Gasteiger partial charge in [-0.15, -0.1) is 0 Å². The van der Waals surface area contributed by atoms with E-state index in [-0.39, 0.29) is 0 Å². The summed E-state index contributed by atoms with van der Waals surface area (Å²) in [5.41, 5.74) is 1.89. The number of nitrogens with zero attached hydrogens (tertiary/aromatic N) is 4. The lowest BCUT2D eigenvalue weighted by Crippen LogP contribution is -2.44. The molecular weight excluding hydrogens is 398 g/mol. The largest absolute Gasteiger partial charge is 0.508 e. The lowest BCUT2D eigenvalue weighted by atomic mass is 10.0. The first kappa shape index (κ1) is 24.6. The van der Waals surface area contributed by atoms with Crippen molar-refractivity contribution in [3.63, 3.8) is 0 Å². The molecule has 1 aromatic carbocycles. The first-order valence-electron chi connectivity index (χ1n) is 12.6. The van der Waals surface area contributed by atoms with Crippen LogP contribution < -0.4 is 10.2 Å². The lowest BCUT2D eigenvalue weighted by molar-refractivity contribution is 0.250. The molecule has 0 spiro atoms. The second-order valence-corrected chi connectivity index (χ2v) is 9.07. The second kappa shape index (κ2) is 12.3. The zero-order valence-electron chi connectivity index (χ0n) is 20.6. The maximum atomic E-state index is 10.2. The maximum absolute atomic E-state index is 10.2. The zero-order valence-corrected chi connectivity index (χ0v) is 20.6. The summed E-state index contributed by atoms with van der Waals surface area (Å²) >= 11 is 0. The molecular formula is C26H43N5O. The Bertz CT molecular complexity index is 830. The Morgan fingerprint density at radius 1 is 1.03 bits per heavy atom. The predicted octanol–water partition coefficient (Wildman–Crippen LogP) is 4.78. The van der Waals surface area contributed by atoms with E-state index in [1.807, 2.05) is 12.1 Å². The van der Waals surface area contributed by atoms with E-state index in [4.69, 9.17) is 4.98 Å². The third kappa shape index (κ3) is 6.48. The third-order valence-electron chi connectivity index (χ3n) is 6.89. The summed E-state index contributed by atoms with van der Waals surface area (Å²) in [6.45, 7) is 14.3. The van der Waals surface area contributed by atoms with Crippen molar-refractivity contribution >= 4 is 22.4 Å². The molecule has 0 saturated carbocycles. The topological polar surface area (TPSA) is 54.9 Å². The number of fused-ring (bicyclic) bond motifs is 1. The minimum atomic E-state index is 0.291. The molecule has 0 bridgehead atoms. The third-order valence-corrected chi connectivity index (χ3v) is 6.89. The van der Waals surface area contributed by atoms with Crippen molar-refractivity contribution in [3.8, 4) is 5.75 Å². The van der Waals surface area contributed by atoms with Gasteiger partial charge in [-0.2, -0.15) is 0 Å². The number of likely N-dealkylation sites (tertiary alicyclic amines) is 1. The van der Waals surface area contributed by atoms with Gasteiger partial charge in [-0.05, 0) is 90.6 Å². The molecule has 6 nitrogen and oxygen atoms in total. The lowest BCUT2D eigenvalue weighted by Gasteiger charge is -2.37. The zero-order chi connectivity index (χ0) is 22.9. The minimum absolute atomic E-state index is 0.291. The molecule has 0 radical (unpaired) electrons. The van der Waals surface area contributed by atoms with Gasteiger partial charge in [0, 0.05) is 30.6 Å². The van der Waals surface area contributed by atoms with Crippen LogP contribution in [0.15, 0.2) is 24.3 Å². The van der Waals surface area contributed by atoms with Crippen LogP contribution in [0.4, 0.5) is 11.5 Å². The van der Waals surface area contributed by atoms with E-state index in [1.54, 1.807) is 0 Å². The summed E-state index contributed by atoms with van der Waals surface area (Å²) < 4.78 is 0. The summed E-state index contributed by atoms with van der Waals surface area (Å²) in [7, 11) is 2.20. The highest BCUT2D eigenvalue weighted by Crippen LogP contribution is 2.31. The summed E-state index contributed by atoms with van der Waals surface area (Å²) in [4.78, 5) is 12.4. The second-order valence-electron chi connectivity index (χ2n) is 9.07. The van der Waals surface area contributed by atoms with Crippen LogP contribution in [0, 0.1) is 0 Å². The number of rotatable bonds is 12. The number of piperidine rings is 1. The average Bonchev–Trinajstić information content (AvgIpc) is 2.80. The Hall–Kier alpha value is -2.05. The molecule has 2 aromatic rings. The summed E-state index contributed by atoms with van der Waals surface area (Å²) in [6.07, 6.45) is 5.92. The highest BCUT2D eigenvalue weighted by molar-refractivity contribution is 5.93. The van der Waals surface area contributed by atoms with E-state index in [0.717, 1.165) is 68.1 Å². The van der Waals surface area contributed by atoms with Gasteiger partial charge in [0.2, 0.25) is 0 Å². The number of aromatic nitrogens is 1. The van der Waals surface area contributed by atoms with Crippen LogP contribution in [0.5, 0.6) is 5.75 Å². The summed E-state index contributed by atoms with van der Waals surface area (Å²) in [6, 6.07) is 8.39. The van der Waals surface area contributed by atoms with Gasteiger partial charge in [-0.3, -0.25) is 0 Å². The van der Waals surface area contributed by atoms with Crippen molar-refractivity contribution in [3.05, 3.63) is 24.3 Å². The minimum Gasteiger partial charge on any atom is -0.508 e. The maximum Gasteiger partial charge on any atom is 0.129 e. The molecule has 178 valence electrons. The first-order valence-corrected chi connectivity index (χ1v) is 12.6. The van der Waals surface area contributed by atoms with Crippen molar-refractivity contribution in [1.29, 1.82) is 0 Å². The van der Waals surface area contributed by atoms with Crippen molar-refractivity contribution in [2.45, 2.75) is 58.9 Å². The molecule has 0 atom stereocenters. The SMILES string of the molecule is CCN(CC)CCCCCNc1cc(O)cc2ccc(N(CC)C3CCN(C)CC3)nc12. The van der Waals surface area contributed by atoms with Crippen molar-refractivity contribution < 1.29 is 5.11 Å². The number of anilines is 2. The molecule has 1 saturated heterocycles. The quantitative estimate of drug-likeness (QED) is 0.462. The van der Waals surface area contributed by atoms with Crippen molar-refractivity contribution in [2.75, 3.05) is 63.1 Å². The smallest absolute Gasteiger partial charge is 0.129 e. The number of nitrogens with one attached hydrogen (secondary N) is 1. The molecule has 2 heterocycles. The Labute approximate surface area is 194 Å². The van der Waals surface area contributed by atoms with Crippen LogP contribution in [0.3, 0.4) is 0 Å². The molecule has 3 rings (SSSR count). The average molecular weight is 442 g/mol. The van der Waals surface area contributed by atoms with Gasteiger partial charge in [0.05, 0.1) is 11.2 Å². The van der Waals surface area contributed by atoms with Crippen LogP contribution in [0.25, 0.3) is 10.9 Å². The van der Waals surface area contributed by atoms with Crippen LogP contribution in [0.2, 0.25) is 0 Å². The van der Waals surface area contributed by atoms with E-state index in [9.17, 15) is 5.11 Å². The first-order chi connectivity index (χ1) is 15.5. The molecule has 0 amide bonds. The normalized spacial score (nSPS) is 15.5. The fourth-order valence-electron chi connectivity index (χ4n) is 4.82. The predicted molar refractivity (Wildman–Crippen MR) is 137 cm³/mol. The van der Waals surface area contributed by atoms with Crippen LogP contribution in [0.1, 0.15) is 52.9 Å². The molecule has 6 heteroatoms. The highest BCUT2D eigenvalue weighted by atomic mass is 16.3. The van der Waals surface area contributed by atoms with Gasteiger partial charge in [-0.25, -0.2) is 4.98 Å². The van der Waals surface area contributed by atoms with Gasteiger partial charge in [0.25, 0.3) is 0 Å². The van der Waals surface area contributed by atoms with E-state index in [1.165, 1.54) is 32.2 Å². The number of unbranched alkanes of at least 4 members (excludes halogenated alkanes) is 2. The molecule has 1 aliphatic heterocycles. The highest BCUT2D eigenvalue weighted by Gasteiger charge is 2.23. The van der Waals surface area contributed by atoms with Crippen LogP contribution >= 0.6 is 0 Å². The number of hydrogen-bond donors (Lipinski definition) is 2. The van der Waals surface area contributed by atoms with E-state index >= 15 is 0 Å². The van der Waals surface area contributed by atoms with Crippen LogP contribution in [-0.2, 0) is 0 Å². The Morgan fingerprint density at radius 2 is 1.78 bits per heavy atom. The van der Waals surface area contributed by atoms with Crippen molar-refractivity contribution in [1.82, 2.24) is 14.8 Å². The fraction of sp³-hybridized carbons (Fsp3) is 0.654. The van der Waals surface area contributed by atoms with Crippen LogP contribution in [-0.4, -0.2) is 78.8 Å². The summed E-state index contributed by atoms with van der Waals surface area (Å²) in [5, 5.41) is 14.8. The van der Waals surface area contributed by atoms with E-state index < -0.39 is 0 Å². The Morgan fingerprint density at radius 3 is 2.47 bits per heavy atom. The van der Waals surface area contributed by atoms with Gasteiger partial charge in [0.1, 0.15) is 11.6 Å². The number of benzene rings is 1. The number of hydrogen-bond acceptors (Lipinski definition) is 6. The molecule has 1 fully saturated rings. The number of aromatic hydroxyl groups is 1. The number of phenolic OH excluding ortho intramolecular Hbond substituents is 1. The Kier molecular flexibility index (Phi) is 9.42. The number of pyridine rings is 1. The Balaban J connectivity index is 1.67.